The van der Waals surface area contributed by atoms with Gasteiger partial charge < -0.3 is 9.84 Å². The van der Waals surface area contributed by atoms with E-state index < -0.39 is 0 Å². The van der Waals surface area contributed by atoms with Gasteiger partial charge in [-0.05, 0) is 19.3 Å². The van der Waals surface area contributed by atoms with Gasteiger partial charge in [0, 0.05) is 13.0 Å². The third-order valence-electron chi connectivity index (χ3n) is 2.65. The molecule has 0 fully saturated rings. The zero-order valence-electron chi connectivity index (χ0n) is 12.8. The maximum Gasteiger partial charge on any atom is 0.239 e. The minimum atomic E-state index is 0.0778. The van der Waals surface area contributed by atoms with Crippen molar-refractivity contribution >= 4 is 28.2 Å². The lowest BCUT2D eigenvalue weighted by atomic mass is 10.2. The summed E-state index contributed by atoms with van der Waals surface area (Å²) in [6.07, 6.45) is 1.87. The Kier molecular flexibility index (Phi) is 5.98. The van der Waals surface area contributed by atoms with Crippen molar-refractivity contribution in [1.29, 1.82) is 0 Å². The molecule has 21 heavy (non-hydrogen) atoms. The summed E-state index contributed by atoms with van der Waals surface area (Å²) in [6, 6.07) is 0. The maximum atomic E-state index is 5.30. The first-order valence-corrected chi connectivity index (χ1v) is 8.84. The van der Waals surface area contributed by atoms with Gasteiger partial charge in [0.1, 0.15) is 0 Å². The van der Waals surface area contributed by atoms with Gasteiger partial charge >= 0.3 is 0 Å². The monoisotopic (exact) mass is 327 g/mol. The molecule has 2 heterocycles. The second kappa shape index (κ2) is 7.74. The molecular formula is C13H21N5OS2. The van der Waals surface area contributed by atoms with Crippen molar-refractivity contribution in [3.63, 3.8) is 0 Å². The van der Waals surface area contributed by atoms with E-state index in [1.54, 1.807) is 23.1 Å². The number of nitrogens with zero attached hydrogens (tertiary/aromatic N) is 4. The van der Waals surface area contributed by atoms with Crippen molar-refractivity contribution in [1.82, 2.24) is 20.3 Å². The lowest BCUT2D eigenvalue weighted by Crippen LogP contribution is -2.07. The maximum absolute atomic E-state index is 5.30. The normalized spacial score (nSPS) is 12.8. The number of nitrogens with one attached hydrogen (secondary N) is 1. The van der Waals surface area contributed by atoms with E-state index in [2.05, 4.69) is 46.4 Å². The van der Waals surface area contributed by atoms with Crippen LogP contribution in [0.3, 0.4) is 0 Å². The molecule has 1 N–H and O–H groups in total. The minimum absolute atomic E-state index is 0.0778. The van der Waals surface area contributed by atoms with Crippen LogP contribution >= 0.6 is 23.1 Å². The van der Waals surface area contributed by atoms with E-state index in [0.717, 1.165) is 34.7 Å². The van der Waals surface area contributed by atoms with Crippen molar-refractivity contribution in [3.05, 3.63) is 11.7 Å². The van der Waals surface area contributed by atoms with E-state index >= 15 is 0 Å². The molecule has 2 aromatic rings. The van der Waals surface area contributed by atoms with Crippen LogP contribution in [0.2, 0.25) is 0 Å². The molecule has 2 rings (SSSR count). The SMILES string of the molecule is CCCc1noc([C@H](C)Sc2nnc(NCC(C)C)s2)n1. The molecule has 0 spiro atoms. The summed E-state index contributed by atoms with van der Waals surface area (Å²) in [7, 11) is 0. The van der Waals surface area contributed by atoms with Crippen LogP contribution < -0.4 is 5.32 Å². The molecule has 0 radical (unpaired) electrons. The highest BCUT2D eigenvalue weighted by Gasteiger charge is 2.17. The Morgan fingerprint density at radius 3 is 2.81 bits per heavy atom. The fraction of sp³-hybridized carbons (Fsp3) is 0.692. The first kappa shape index (κ1) is 16.2. The van der Waals surface area contributed by atoms with E-state index in [-0.39, 0.29) is 5.25 Å². The van der Waals surface area contributed by atoms with Crippen LogP contribution in [0.15, 0.2) is 8.86 Å². The lowest BCUT2D eigenvalue weighted by molar-refractivity contribution is 0.374. The molecule has 116 valence electrons. The molecule has 0 aliphatic rings. The van der Waals surface area contributed by atoms with Gasteiger partial charge in [0.05, 0.1) is 5.25 Å². The first-order chi connectivity index (χ1) is 10.1. The fourth-order valence-electron chi connectivity index (χ4n) is 1.58. The van der Waals surface area contributed by atoms with Gasteiger partial charge in [-0.3, -0.25) is 0 Å². The van der Waals surface area contributed by atoms with Crippen LogP contribution in [0, 0.1) is 5.92 Å². The minimum Gasteiger partial charge on any atom is -0.360 e. The molecule has 0 aliphatic heterocycles. The van der Waals surface area contributed by atoms with Crippen LogP contribution in [0.25, 0.3) is 0 Å². The van der Waals surface area contributed by atoms with Crippen molar-refractivity contribution < 1.29 is 4.52 Å². The second-order valence-corrected chi connectivity index (χ2v) is 7.77. The lowest BCUT2D eigenvalue weighted by Gasteiger charge is -2.03. The average molecular weight is 327 g/mol. The Morgan fingerprint density at radius 1 is 1.29 bits per heavy atom. The predicted molar refractivity (Wildman–Crippen MR) is 85.8 cm³/mol. The molecule has 2 aromatic heterocycles. The van der Waals surface area contributed by atoms with E-state index in [0.29, 0.717) is 11.8 Å². The zero-order chi connectivity index (χ0) is 15.2. The number of hydrogen-bond acceptors (Lipinski definition) is 8. The molecule has 0 aromatic carbocycles. The van der Waals surface area contributed by atoms with Crippen LogP contribution in [0.1, 0.15) is 51.1 Å². The summed E-state index contributed by atoms with van der Waals surface area (Å²) in [6.45, 7) is 9.36. The predicted octanol–water partition coefficient (Wildman–Crippen LogP) is 3.79. The van der Waals surface area contributed by atoms with Gasteiger partial charge in [-0.15, -0.1) is 10.2 Å². The average Bonchev–Trinajstić information content (AvgIpc) is 3.06. The third-order valence-corrected chi connectivity index (χ3v) is 4.70. The molecule has 0 unspecified atom stereocenters. The summed E-state index contributed by atoms with van der Waals surface area (Å²) in [5, 5.41) is 16.5. The quantitative estimate of drug-likeness (QED) is 0.739. The molecule has 0 saturated heterocycles. The molecule has 0 amide bonds. The largest absolute Gasteiger partial charge is 0.360 e. The van der Waals surface area contributed by atoms with Crippen LogP contribution in [-0.4, -0.2) is 26.9 Å². The van der Waals surface area contributed by atoms with Crippen LogP contribution in [0.4, 0.5) is 5.13 Å². The van der Waals surface area contributed by atoms with E-state index in [1.807, 2.05) is 6.92 Å². The van der Waals surface area contributed by atoms with E-state index in [4.69, 9.17) is 4.52 Å². The molecule has 1 atom stereocenters. The molecule has 8 heteroatoms. The number of thioether (sulfide) groups is 1. The number of rotatable bonds is 8. The van der Waals surface area contributed by atoms with Gasteiger partial charge in [0.25, 0.3) is 0 Å². The van der Waals surface area contributed by atoms with E-state index in [9.17, 15) is 0 Å². The topological polar surface area (TPSA) is 76.7 Å². The van der Waals surface area contributed by atoms with Crippen molar-refractivity contribution in [2.75, 3.05) is 11.9 Å². The Morgan fingerprint density at radius 2 is 2.10 bits per heavy atom. The number of anilines is 1. The fourth-order valence-corrected chi connectivity index (χ4v) is 3.51. The summed E-state index contributed by atoms with van der Waals surface area (Å²) in [4.78, 5) is 4.40. The smallest absolute Gasteiger partial charge is 0.239 e. The van der Waals surface area contributed by atoms with Gasteiger partial charge in [0.2, 0.25) is 11.0 Å². The highest BCUT2D eigenvalue weighted by Crippen LogP contribution is 2.36. The van der Waals surface area contributed by atoms with Gasteiger partial charge in [-0.1, -0.05) is 49.0 Å². The van der Waals surface area contributed by atoms with Gasteiger partial charge in [-0.25, -0.2) is 0 Å². The molecule has 6 nitrogen and oxygen atoms in total. The number of aromatic nitrogens is 4. The Hall–Kier alpha value is -1.15. The Labute approximate surface area is 133 Å². The number of hydrogen-bond donors (Lipinski definition) is 1. The highest BCUT2D eigenvalue weighted by molar-refractivity contribution is 8.01. The van der Waals surface area contributed by atoms with Gasteiger partial charge in [0.15, 0.2) is 10.2 Å². The highest BCUT2D eigenvalue weighted by atomic mass is 32.2. The van der Waals surface area contributed by atoms with E-state index in [1.165, 1.54) is 0 Å². The molecule has 0 aliphatic carbocycles. The zero-order valence-corrected chi connectivity index (χ0v) is 14.4. The van der Waals surface area contributed by atoms with Crippen molar-refractivity contribution in [3.8, 4) is 0 Å². The number of aryl methyl sites for hydroxylation is 1. The standard InChI is InChI=1S/C13H21N5OS2/c1-5-6-10-15-11(19-18-10)9(4)20-13-17-16-12(21-13)14-7-8(2)3/h8-9H,5-7H2,1-4H3,(H,14,16)/t9-/m0/s1. The van der Waals surface area contributed by atoms with Crippen molar-refractivity contribution in [2.24, 2.45) is 5.92 Å². The van der Waals surface area contributed by atoms with Crippen LogP contribution in [-0.2, 0) is 6.42 Å². The molecule has 0 saturated carbocycles. The summed E-state index contributed by atoms with van der Waals surface area (Å²) < 4.78 is 6.20. The Bertz CT molecular complexity index is 554. The molecule has 0 bridgehead atoms. The molecular weight excluding hydrogens is 306 g/mol. The third kappa shape index (κ3) is 4.96. The summed E-state index contributed by atoms with van der Waals surface area (Å²) in [5.41, 5.74) is 0. The Balaban J connectivity index is 1.90. The first-order valence-electron chi connectivity index (χ1n) is 7.15. The second-order valence-electron chi connectivity index (χ2n) is 5.21. The van der Waals surface area contributed by atoms with Crippen LogP contribution in [0.5, 0.6) is 0 Å². The summed E-state index contributed by atoms with van der Waals surface area (Å²) in [5.74, 6) is 2.01. The van der Waals surface area contributed by atoms with Gasteiger partial charge in [-0.2, -0.15) is 4.98 Å². The van der Waals surface area contributed by atoms with Crippen molar-refractivity contribution in [2.45, 2.75) is 50.1 Å². The summed E-state index contributed by atoms with van der Waals surface area (Å²) >= 11 is 3.15.